The molecule has 21 heavy (non-hydrogen) atoms. The maximum absolute atomic E-state index is 11.9. The molecule has 0 fully saturated rings. The van der Waals surface area contributed by atoms with Crippen molar-refractivity contribution in [3.05, 3.63) is 39.9 Å². The molecule has 0 saturated carbocycles. The number of aromatic nitrogens is 1. The number of benzene rings is 1. The van der Waals surface area contributed by atoms with E-state index in [0.29, 0.717) is 21.5 Å². The SMILES string of the molecule is Cc1ccc(NC(=O)Cc2csc(N=C(N)N)n2)cc1Cl. The van der Waals surface area contributed by atoms with Gasteiger partial charge in [-0.3, -0.25) is 4.79 Å². The number of nitrogens with two attached hydrogens (primary N) is 2. The lowest BCUT2D eigenvalue weighted by Gasteiger charge is -2.05. The number of amides is 1. The molecule has 6 nitrogen and oxygen atoms in total. The first kappa shape index (κ1) is 15.3. The summed E-state index contributed by atoms with van der Waals surface area (Å²) in [7, 11) is 0. The molecule has 110 valence electrons. The molecule has 0 unspecified atom stereocenters. The highest BCUT2D eigenvalue weighted by Crippen LogP contribution is 2.21. The quantitative estimate of drug-likeness (QED) is 0.592. The summed E-state index contributed by atoms with van der Waals surface area (Å²) in [5.74, 6) is -0.244. The first-order chi connectivity index (χ1) is 9.94. The Balaban J connectivity index is 1.99. The van der Waals surface area contributed by atoms with Gasteiger partial charge in [0, 0.05) is 16.1 Å². The van der Waals surface area contributed by atoms with E-state index < -0.39 is 0 Å². The zero-order valence-electron chi connectivity index (χ0n) is 11.3. The number of rotatable bonds is 4. The lowest BCUT2D eigenvalue weighted by atomic mass is 10.2. The predicted molar refractivity (Wildman–Crippen MR) is 86.1 cm³/mol. The zero-order chi connectivity index (χ0) is 15.4. The van der Waals surface area contributed by atoms with Crippen molar-refractivity contribution in [2.75, 3.05) is 5.32 Å². The van der Waals surface area contributed by atoms with Gasteiger partial charge in [0.05, 0.1) is 12.1 Å². The van der Waals surface area contributed by atoms with E-state index in [9.17, 15) is 4.79 Å². The molecule has 1 aromatic carbocycles. The van der Waals surface area contributed by atoms with E-state index in [0.717, 1.165) is 5.56 Å². The molecule has 1 amide bonds. The van der Waals surface area contributed by atoms with Crippen LogP contribution in [0, 0.1) is 6.92 Å². The zero-order valence-corrected chi connectivity index (χ0v) is 12.8. The molecule has 2 rings (SSSR count). The summed E-state index contributed by atoms with van der Waals surface area (Å²) in [6.45, 7) is 1.90. The van der Waals surface area contributed by atoms with Crippen LogP contribution in [0.1, 0.15) is 11.3 Å². The van der Waals surface area contributed by atoms with Crippen LogP contribution in [-0.4, -0.2) is 16.9 Å². The Morgan fingerprint density at radius 2 is 2.24 bits per heavy atom. The van der Waals surface area contributed by atoms with Gasteiger partial charge in [0.2, 0.25) is 11.0 Å². The van der Waals surface area contributed by atoms with E-state index in [4.69, 9.17) is 23.1 Å². The first-order valence-electron chi connectivity index (χ1n) is 6.04. The Morgan fingerprint density at radius 3 is 2.90 bits per heavy atom. The van der Waals surface area contributed by atoms with Crippen LogP contribution in [0.25, 0.3) is 0 Å². The molecular weight excluding hydrogens is 310 g/mol. The minimum Gasteiger partial charge on any atom is -0.370 e. The number of nitrogens with zero attached hydrogens (tertiary/aromatic N) is 2. The standard InChI is InChI=1S/C13H14ClN5OS/c1-7-2-3-8(4-10(7)14)17-11(20)5-9-6-21-13(18-9)19-12(15)16/h2-4,6H,5H2,1H3,(H,17,20)(H4,15,16,18,19). The number of hydrogen-bond acceptors (Lipinski definition) is 4. The molecule has 0 radical (unpaired) electrons. The molecule has 0 aliphatic heterocycles. The van der Waals surface area contributed by atoms with Gasteiger partial charge in [0.1, 0.15) is 0 Å². The highest BCUT2D eigenvalue weighted by Gasteiger charge is 2.08. The van der Waals surface area contributed by atoms with Crippen molar-refractivity contribution in [2.24, 2.45) is 16.5 Å². The van der Waals surface area contributed by atoms with Crippen molar-refractivity contribution in [1.29, 1.82) is 0 Å². The van der Waals surface area contributed by atoms with Gasteiger partial charge in [-0.05, 0) is 24.6 Å². The van der Waals surface area contributed by atoms with Crippen molar-refractivity contribution in [3.8, 4) is 0 Å². The monoisotopic (exact) mass is 323 g/mol. The maximum atomic E-state index is 11.9. The smallest absolute Gasteiger partial charge is 0.230 e. The third-order valence-electron chi connectivity index (χ3n) is 2.56. The Bertz CT molecular complexity index is 694. The van der Waals surface area contributed by atoms with E-state index in [1.54, 1.807) is 17.5 Å². The fourth-order valence-electron chi connectivity index (χ4n) is 1.58. The summed E-state index contributed by atoms with van der Waals surface area (Å²) >= 11 is 7.28. The average molecular weight is 324 g/mol. The largest absolute Gasteiger partial charge is 0.370 e. The van der Waals surface area contributed by atoms with Crippen molar-refractivity contribution in [1.82, 2.24) is 4.98 Å². The van der Waals surface area contributed by atoms with Crippen LogP contribution in [0.5, 0.6) is 0 Å². The molecule has 5 N–H and O–H groups in total. The van der Waals surface area contributed by atoms with Crippen LogP contribution in [0.15, 0.2) is 28.6 Å². The summed E-state index contributed by atoms with van der Waals surface area (Å²) in [6, 6.07) is 5.35. The molecule has 0 saturated heterocycles. The van der Waals surface area contributed by atoms with Gasteiger partial charge >= 0.3 is 0 Å². The van der Waals surface area contributed by atoms with Gasteiger partial charge in [0.15, 0.2) is 5.96 Å². The van der Waals surface area contributed by atoms with E-state index in [1.807, 2.05) is 13.0 Å². The van der Waals surface area contributed by atoms with Gasteiger partial charge < -0.3 is 16.8 Å². The molecule has 2 aromatic rings. The van der Waals surface area contributed by atoms with Crippen molar-refractivity contribution >= 4 is 45.6 Å². The summed E-state index contributed by atoms with van der Waals surface area (Å²) in [5.41, 5.74) is 12.7. The highest BCUT2D eigenvalue weighted by atomic mass is 35.5. The van der Waals surface area contributed by atoms with E-state index in [1.165, 1.54) is 11.3 Å². The normalized spacial score (nSPS) is 10.2. The Morgan fingerprint density at radius 1 is 1.48 bits per heavy atom. The van der Waals surface area contributed by atoms with Crippen LogP contribution >= 0.6 is 22.9 Å². The van der Waals surface area contributed by atoms with E-state index >= 15 is 0 Å². The summed E-state index contributed by atoms with van der Waals surface area (Å²) < 4.78 is 0. The summed E-state index contributed by atoms with van der Waals surface area (Å²) in [4.78, 5) is 19.9. The van der Waals surface area contributed by atoms with Crippen LogP contribution < -0.4 is 16.8 Å². The van der Waals surface area contributed by atoms with Crippen LogP contribution in [0.2, 0.25) is 5.02 Å². The molecule has 1 aromatic heterocycles. The van der Waals surface area contributed by atoms with Gasteiger partial charge in [-0.1, -0.05) is 17.7 Å². The molecule has 0 aliphatic carbocycles. The van der Waals surface area contributed by atoms with Gasteiger partial charge in [-0.15, -0.1) is 11.3 Å². The number of guanidine groups is 1. The number of aryl methyl sites for hydroxylation is 1. The fraction of sp³-hybridized carbons (Fsp3) is 0.154. The fourth-order valence-corrected chi connectivity index (χ4v) is 2.47. The Labute approximate surface area is 130 Å². The minimum absolute atomic E-state index is 0.0605. The van der Waals surface area contributed by atoms with Gasteiger partial charge in [-0.25, -0.2) is 4.98 Å². The second kappa shape index (κ2) is 6.55. The maximum Gasteiger partial charge on any atom is 0.230 e. The number of hydrogen-bond donors (Lipinski definition) is 3. The Kier molecular flexibility index (Phi) is 4.77. The molecule has 0 aliphatic rings. The number of nitrogens with one attached hydrogen (secondary N) is 1. The molecule has 1 heterocycles. The second-order valence-electron chi connectivity index (χ2n) is 4.35. The number of thiazole rings is 1. The topological polar surface area (TPSA) is 106 Å². The Hall–Kier alpha value is -2.12. The van der Waals surface area contributed by atoms with Crippen molar-refractivity contribution in [3.63, 3.8) is 0 Å². The van der Waals surface area contributed by atoms with Gasteiger partial charge in [-0.2, -0.15) is 4.99 Å². The average Bonchev–Trinajstić information content (AvgIpc) is 2.80. The van der Waals surface area contributed by atoms with Crippen molar-refractivity contribution in [2.45, 2.75) is 13.3 Å². The minimum atomic E-state index is -0.184. The summed E-state index contributed by atoms with van der Waals surface area (Å²) in [5, 5.41) is 5.54. The van der Waals surface area contributed by atoms with Crippen molar-refractivity contribution < 1.29 is 4.79 Å². The predicted octanol–water partition coefficient (Wildman–Crippen LogP) is 2.19. The molecule has 0 bridgehead atoms. The number of carbonyl (C=O) groups is 1. The van der Waals surface area contributed by atoms with E-state index in [-0.39, 0.29) is 18.3 Å². The first-order valence-corrected chi connectivity index (χ1v) is 7.30. The van der Waals surface area contributed by atoms with E-state index in [2.05, 4.69) is 15.3 Å². The lowest BCUT2D eigenvalue weighted by Crippen LogP contribution is -2.21. The third kappa shape index (κ3) is 4.44. The summed E-state index contributed by atoms with van der Waals surface area (Å²) in [6.07, 6.45) is 0.141. The third-order valence-corrected chi connectivity index (χ3v) is 3.75. The number of aliphatic imine (C=N–C) groups is 1. The lowest BCUT2D eigenvalue weighted by molar-refractivity contribution is -0.115. The van der Waals surface area contributed by atoms with Crippen LogP contribution in [0.3, 0.4) is 0 Å². The van der Waals surface area contributed by atoms with Crippen LogP contribution in [0.4, 0.5) is 10.8 Å². The number of anilines is 1. The van der Waals surface area contributed by atoms with Gasteiger partial charge in [0.25, 0.3) is 0 Å². The number of halogens is 1. The second-order valence-corrected chi connectivity index (χ2v) is 5.59. The molecule has 0 spiro atoms. The van der Waals surface area contributed by atoms with Crippen LogP contribution in [-0.2, 0) is 11.2 Å². The molecular formula is C13H14ClN5OS. The highest BCUT2D eigenvalue weighted by molar-refractivity contribution is 7.13. The number of carbonyl (C=O) groups excluding carboxylic acids is 1. The molecule has 0 atom stereocenters. The molecule has 8 heteroatoms.